The van der Waals surface area contributed by atoms with Gasteiger partial charge in [0.05, 0.1) is 0 Å². The van der Waals surface area contributed by atoms with Crippen LogP contribution in [-0.4, -0.2) is 13.1 Å². The third-order valence-corrected chi connectivity index (χ3v) is 4.44. The van der Waals surface area contributed by atoms with Gasteiger partial charge in [-0.1, -0.05) is 25.1 Å². The van der Waals surface area contributed by atoms with E-state index in [1.807, 2.05) is 0 Å². The Labute approximate surface area is 99.4 Å². The minimum Gasteiger partial charge on any atom is -0.317 e. The van der Waals surface area contributed by atoms with Crippen LogP contribution in [0.3, 0.4) is 0 Å². The Morgan fingerprint density at radius 2 is 2.07 bits per heavy atom. The van der Waals surface area contributed by atoms with E-state index in [4.69, 9.17) is 0 Å². The summed E-state index contributed by atoms with van der Waals surface area (Å²) in [5.41, 5.74) is 1.53. The van der Waals surface area contributed by atoms with Crippen molar-refractivity contribution in [2.75, 3.05) is 7.05 Å². The Balaban J connectivity index is 2.15. The van der Waals surface area contributed by atoms with Crippen LogP contribution in [-0.2, 0) is 0 Å². The molecule has 76 valence electrons. The second kappa shape index (κ2) is 4.19. The normalized spacial score (nSPS) is 31.2. The maximum Gasteiger partial charge on any atom is 0.0165 e. The van der Waals surface area contributed by atoms with Crippen molar-refractivity contribution >= 4 is 22.6 Å². The summed E-state index contributed by atoms with van der Waals surface area (Å²) >= 11 is 2.44. The van der Waals surface area contributed by atoms with Crippen molar-refractivity contribution < 1.29 is 0 Å². The SMILES string of the molecule is CNC1CC(c2ccccc2I)C1C. The van der Waals surface area contributed by atoms with Crippen LogP contribution in [0.5, 0.6) is 0 Å². The Morgan fingerprint density at radius 3 is 2.64 bits per heavy atom. The molecule has 1 saturated carbocycles. The highest BCUT2D eigenvalue weighted by Crippen LogP contribution is 2.43. The van der Waals surface area contributed by atoms with E-state index in [0.717, 1.165) is 17.9 Å². The molecule has 1 aromatic carbocycles. The van der Waals surface area contributed by atoms with Crippen molar-refractivity contribution in [1.29, 1.82) is 0 Å². The van der Waals surface area contributed by atoms with E-state index in [-0.39, 0.29) is 0 Å². The van der Waals surface area contributed by atoms with Gasteiger partial charge in [0.25, 0.3) is 0 Å². The van der Waals surface area contributed by atoms with Crippen LogP contribution >= 0.6 is 22.6 Å². The second-order valence-electron chi connectivity index (χ2n) is 4.12. The molecule has 0 aromatic heterocycles. The molecule has 0 aliphatic heterocycles. The second-order valence-corrected chi connectivity index (χ2v) is 5.28. The first-order chi connectivity index (χ1) is 6.74. The molecule has 1 aliphatic rings. The lowest BCUT2D eigenvalue weighted by Gasteiger charge is -2.43. The summed E-state index contributed by atoms with van der Waals surface area (Å²) in [4.78, 5) is 0. The van der Waals surface area contributed by atoms with Crippen LogP contribution in [0.2, 0.25) is 0 Å². The van der Waals surface area contributed by atoms with Crippen LogP contribution in [0.15, 0.2) is 24.3 Å². The van der Waals surface area contributed by atoms with Crippen molar-refractivity contribution in [3.8, 4) is 0 Å². The van der Waals surface area contributed by atoms with Crippen LogP contribution in [0, 0.1) is 9.49 Å². The lowest BCUT2D eigenvalue weighted by molar-refractivity contribution is 0.193. The van der Waals surface area contributed by atoms with Crippen molar-refractivity contribution in [3.05, 3.63) is 33.4 Å². The Kier molecular flexibility index (Phi) is 3.12. The topological polar surface area (TPSA) is 12.0 Å². The van der Waals surface area contributed by atoms with E-state index in [9.17, 15) is 0 Å². The fourth-order valence-electron chi connectivity index (χ4n) is 2.35. The van der Waals surface area contributed by atoms with E-state index in [1.54, 1.807) is 0 Å². The Morgan fingerprint density at radius 1 is 1.36 bits per heavy atom. The van der Waals surface area contributed by atoms with Crippen LogP contribution < -0.4 is 5.32 Å². The fourth-order valence-corrected chi connectivity index (χ4v) is 3.14. The Bertz CT molecular complexity index is 324. The lowest BCUT2D eigenvalue weighted by atomic mass is 9.67. The maximum atomic E-state index is 3.37. The van der Waals surface area contributed by atoms with Gasteiger partial charge in [-0.2, -0.15) is 0 Å². The summed E-state index contributed by atoms with van der Waals surface area (Å²) in [5.74, 6) is 1.54. The highest BCUT2D eigenvalue weighted by Gasteiger charge is 2.37. The largest absolute Gasteiger partial charge is 0.317 e. The number of rotatable bonds is 2. The molecule has 14 heavy (non-hydrogen) atoms. The molecule has 1 nitrogen and oxygen atoms in total. The van der Waals surface area contributed by atoms with E-state index in [0.29, 0.717) is 0 Å². The van der Waals surface area contributed by atoms with E-state index < -0.39 is 0 Å². The molecular weight excluding hydrogens is 285 g/mol. The molecule has 1 fully saturated rings. The molecule has 1 aromatic rings. The predicted octanol–water partition coefficient (Wildman–Crippen LogP) is 3.00. The van der Waals surface area contributed by atoms with Gasteiger partial charge in [0, 0.05) is 9.61 Å². The number of benzene rings is 1. The third kappa shape index (κ3) is 1.70. The fraction of sp³-hybridized carbons (Fsp3) is 0.500. The minimum absolute atomic E-state index is 0.719. The molecule has 1 aliphatic carbocycles. The van der Waals surface area contributed by atoms with E-state index in [1.165, 1.54) is 15.6 Å². The van der Waals surface area contributed by atoms with Gasteiger partial charge >= 0.3 is 0 Å². The maximum absolute atomic E-state index is 3.37. The average Bonchev–Trinajstić information content (AvgIpc) is 2.19. The van der Waals surface area contributed by atoms with E-state index >= 15 is 0 Å². The molecular formula is C12H16IN. The molecule has 0 radical (unpaired) electrons. The summed E-state index contributed by atoms with van der Waals surface area (Å²) in [5, 5.41) is 3.37. The molecule has 0 heterocycles. The van der Waals surface area contributed by atoms with Gasteiger partial charge in [-0.3, -0.25) is 0 Å². The first-order valence-corrected chi connectivity index (χ1v) is 6.23. The number of hydrogen-bond acceptors (Lipinski definition) is 1. The highest BCUT2D eigenvalue weighted by atomic mass is 127. The van der Waals surface area contributed by atoms with Gasteiger partial charge in [-0.05, 0) is 59.5 Å². The average molecular weight is 301 g/mol. The zero-order valence-corrected chi connectivity index (χ0v) is 10.8. The van der Waals surface area contributed by atoms with Gasteiger partial charge in [0.2, 0.25) is 0 Å². The third-order valence-electron chi connectivity index (χ3n) is 3.45. The summed E-state index contributed by atoms with van der Waals surface area (Å²) < 4.78 is 1.41. The van der Waals surface area contributed by atoms with Crippen LogP contribution in [0.25, 0.3) is 0 Å². The predicted molar refractivity (Wildman–Crippen MR) is 68.5 cm³/mol. The first kappa shape index (κ1) is 10.4. The van der Waals surface area contributed by atoms with Gasteiger partial charge in [-0.15, -0.1) is 0 Å². The standard InChI is InChI=1S/C12H16IN/c1-8-10(7-12(8)14-2)9-5-3-4-6-11(9)13/h3-6,8,10,12,14H,7H2,1-2H3. The molecule has 0 bridgehead atoms. The molecule has 0 amide bonds. The molecule has 0 saturated heterocycles. The highest BCUT2D eigenvalue weighted by molar-refractivity contribution is 14.1. The smallest absolute Gasteiger partial charge is 0.0165 e. The van der Waals surface area contributed by atoms with Crippen molar-refractivity contribution in [2.45, 2.75) is 25.3 Å². The van der Waals surface area contributed by atoms with Crippen molar-refractivity contribution in [1.82, 2.24) is 5.32 Å². The number of nitrogens with one attached hydrogen (secondary N) is 1. The van der Waals surface area contributed by atoms with Crippen LogP contribution in [0.1, 0.15) is 24.8 Å². The molecule has 2 heteroatoms. The molecule has 3 unspecified atom stereocenters. The summed E-state index contributed by atoms with van der Waals surface area (Å²) in [6.45, 7) is 2.35. The Hall–Kier alpha value is -0.0900. The molecule has 2 rings (SSSR count). The molecule has 3 atom stereocenters. The quantitative estimate of drug-likeness (QED) is 0.828. The summed E-state index contributed by atoms with van der Waals surface area (Å²) in [6, 6.07) is 9.46. The molecule has 1 N–H and O–H groups in total. The van der Waals surface area contributed by atoms with Crippen molar-refractivity contribution in [3.63, 3.8) is 0 Å². The van der Waals surface area contributed by atoms with Gasteiger partial charge < -0.3 is 5.32 Å². The van der Waals surface area contributed by atoms with Gasteiger partial charge in [0.15, 0.2) is 0 Å². The van der Waals surface area contributed by atoms with Crippen molar-refractivity contribution in [2.24, 2.45) is 5.92 Å². The van der Waals surface area contributed by atoms with Crippen LogP contribution in [0.4, 0.5) is 0 Å². The zero-order valence-electron chi connectivity index (χ0n) is 8.63. The van der Waals surface area contributed by atoms with Gasteiger partial charge in [0.1, 0.15) is 0 Å². The molecule has 0 spiro atoms. The number of halogens is 1. The number of hydrogen-bond donors (Lipinski definition) is 1. The van der Waals surface area contributed by atoms with Gasteiger partial charge in [-0.25, -0.2) is 0 Å². The lowest BCUT2D eigenvalue weighted by Crippen LogP contribution is -2.46. The zero-order chi connectivity index (χ0) is 10.1. The van der Waals surface area contributed by atoms with E-state index in [2.05, 4.69) is 66.1 Å². The first-order valence-electron chi connectivity index (χ1n) is 5.15. The summed E-state index contributed by atoms with van der Waals surface area (Å²) in [7, 11) is 2.06. The summed E-state index contributed by atoms with van der Waals surface area (Å²) in [6.07, 6.45) is 1.29. The minimum atomic E-state index is 0.719. The monoisotopic (exact) mass is 301 g/mol.